The number of hydrogen-bond donors (Lipinski definition) is 3. The molecular weight excluding hydrogens is 232 g/mol. The number of aryl methyl sites for hydroxylation is 2. The standard InChI is InChI=1S/C12H16N4S/c1-7-5-9-10(6-8(7)2)16-12(15-9)17-4-3-11(13)14/h5-6H,3-4H2,1-2H3,(H3,13,14)(H,15,16). The number of H-pyrrole nitrogens is 1. The van der Waals surface area contributed by atoms with Gasteiger partial charge in [-0.15, -0.1) is 0 Å². The van der Waals surface area contributed by atoms with Crippen LogP contribution in [0.25, 0.3) is 11.0 Å². The number of aromatic amines is 1. The lowest BCUT2D eigenvalue weighted by atomic mass is 10.1. The van der Waals surface area contributed by atoms with Crippen LogP contribution in [0.15, 0.2) is 17.3 Å². The van der Waals surface area contributed by atoms with Crippen molar-refractivity contribution in [1.82, 2.24) is 9.97 Å². The number of amidine groups is 1. The highest BCUT2D eigenvalue weighted by atomic mass is 32.2. The molecule has 0 spiro atoms. The first-order valence-electron chi connectivity index (χ1n) is 5.49. The Hall–Kier alpha value is -1.49. The molecule has 0 bridgehead atoms. The molecule has 2 aromatic rings. The van der Waals surface area contributed by atoms with Crippen LogP contribution in [0.5, 0.6) is 0 Å². The van der Waals surface area contributed by atoms with E-state index >= 15 is 0 Å². The van der Waals surface area contributed by atoms with Crippen LogP contribution in [0, 0.1) is 19.3 Å². The van der Waals surface area contributed by atoms with Crippen LogP contribution in [-0.4, -0.2) is 21.6 Å². The van der Waals surface area contributed by atoms with Crippen molar-refractivity contribution in [3.8, 4) is 0 Å². The van der Waals surface area contributed by atoms with Crippen molar-refractivity contribution in [1.29, 1.82) is 5.41 Å². The molecular formula is C12H16N4S. The fourth-order valence-electron chi connectivity index (χ4n) is 1.57. The van der Waals surface area contributed by atoms with Gasteiger partial charge in [-0.05, 0) is 37.1 Å². The SMILES string of the molecule is Cc1cc2nc(SCCC(=N)N)[nH]c2cc1C. The second kappa shape index (κ2) is 4.79. The highest BCUT2D eigenvalue weighted by Gasteiger charge is 2.05. The predicted octanol–water partition coefficient (Wildman–Crippen LogP) is 2.60. The summed E-state index contributed by atoms with van der Waals surface area (Å²) in [5.74, 6) is 1.01. The summed E-state index contributed by atoms with van der Waals surface area (Å²) < 4.78 is 0. The first kappa shape index (κ1) is 12.0. The lowest BCUT2D eigenvalue weighted by Gasteiger charge is -1.97. The van der Waals surface area contributed by atoms with Crippen molar-refractivity contribution in [3.63, 3.8) is 0 Å². The molecule has 0 aliphatic rings. The second-order valence-electron chi connectivity index (χ2n) is 4.12. The van der Waals surface area contributed by atoms with Gasteiger partial charge in [0.2, 0.25) is 0 Å². The zero-order valence-corrected chi connectivity index (χ0v) is 10.8. The Bertz CT molecular complexity index is 520. The number of thioether (sulfide) groups is 1. The fourth-order valence-corrected chi connectivity index (χ4v) is 2.43. The average Bonchev–Trinajstić information content (AvgIpc) is 2.60. The molecule has 5 heteroatoms. The molecule has 0 radical (unpaired) electrons. The lowest BCUT2D eigenvalue weighted by Crippen LogP contribution is -2.09. The monoisotopic (exact) mass is 248 g/mol. The van der Waals surface area contributed by atoms with E-state index in [1.807, 2.05) is 0 Å². The van der Waals surface area contributed by atoms with E-state index in [9.17, 15) is 0 Å². The van der Waals surface area contributed by atoms with Gasteiger partial charge in [-0.1, -0.05) is 11.8 Å². The number of imidazole rings is 1. The molecule has 0 saturated carbocycles. The number of nitrogens with zero attached hydrogens (tertiary/aromatic N) is 1. The average molecular weight is 248 g/mol. The summed E-state index contributed by atoms with van der Waals surface area (Å²) in [5, 5.41) is 8.05. The first-order valence-corrected chi connectivity index (χ1v) is 6.47. The Morgan fingerprint density at radius 3 is 2.82 bits per heavy atom. The van der Waals surface area contributed by atoms with Crippen molar-refractivity contribution in [3.05, 3.63) is 23.3 Å². The summed E-state index contributed by atoms with van der Waals surface area (Å²) in [5.41, 5.74) is 9.90. The van der Waals surface area contributed by atoms with Gasteiger partial charge in [-0.3, -0.25) is 5.41 Å². The highest BCUT2D eigenvalue weighted by molar-refractivity contribution is 7.99. The normalized spacial score (nSPS) is 10.9. The van der Waals surface area contributed by atoms with Crippen LogP contribution in [0.2, 0.25) is 0 Å². The van der Waals surface area contributed by atoms with Gasteiger partial charge in [-0.25, -0.2) is 4.98 Å². The molecule has 0 unspecified atom stereocenters. The molecule has 0 saturated heterocycles. The van der Waals surface area contributed by atoms with Crippen LogP contribution in [0.3, 0.4) is 0 Å². The van der Waals surface area contributed by atoms with Crippen LogP contribution in [0.1, 0.15) is 17.5 Å². The van der Waals surface area contributed by atoms with Gasteiger partial charge in [0.15, 0.2) is 5.16 Å². The van der Waals surface area contributed by atoms with Crippen molar-refractivity contribution in [2.24, 2.45) is 5.73 Å². The van der Waals surface area contributed by atoms with E-state index in [-0.39, 0.29) is 5.84 Å². The minimum absolute atomic E-state index is 0.223. The van der Waals surface area contributed by atoms with E-state index in [0.717, 1.165) is 21.9 Å². The largest absolute Gasteiger partial charge is 0.388 e. The number of benzene rings is 1. The minimum Gasteiger partial charge on any atom is -0.388 e. The van der Waals surface area contributed by atoms with E-state index < -0.39 is 0 Å². The van der Waals surface area contributed by atoms with Crippen molar-refractivity contribution in [2.45, 2.75) is 25.4 Å². The van der Waals surface area contributed by atoms with Gasteiger partial charge in [0.05, 0.1) is 16.9 Å². The summed E-state index contributed by atoms with van der Waals surface area (Å²) in [4.78, 5) is 7.79. The number of nitrogens with two attached hydrogens (primary N) is 1. The number of fused-ring (bicyclic) bond motifs is 1. The third-order valence-corrected chi connectivity index (χ3v) is 3.56. The molecule has 0 fully saturated rings. The Balaban J connectivity index is 2.17. The smallest absolute Gasteiger partial charge is 0.166 e. The molecule has 90 valence electrons. The maximum absolute atomic E-state index is 7.16. The molecule has 0 aliphatic carbocycles. The fraction of sp³-hybridized carbons (Fsp3) is 0.333. The van der Waals surface area contributed by atoms with Gasteiger partial charge in [0, 0.05) is 12.2 Å². The Labute approximate surface area is 105 Å². The van der Waals surface area contributed by atoms with E-state index in [4.69, 9.17) is 11.1 Å². The van der Waals surface area contributed by atoms with Crippen molar-refractivity contribution >= 4 is 28.6 Å². The summed E-state index contributed by atoms with van der Waals surface area (Å²) in [6, 6.07) is 4.21. The third kappa shape index (κ3) is 2.79. The van der Waals surface area contributed by atoms with Crippen LogP contribution in [-0.2, 0) is 0 Å². The molecule has 0 aliphatic heterocycles. The van der Waals surface area contributed by atoms with Gasteiger partial charge in [0.1, 0.15) is 0 Å². The number of hydrogen-bond acceptors (Lipinski definition) is 3. The Kier molecular flexibility index (Phi) is 3.38. The van der Waals surface area contributed by atoms with Crippen LogP contribution < -0.4 is 5.73 Å². The predicted molar refractivity (Wildman–Crippen MR) is 72.8 cm³/mol. The summed E-state index contributed by atoms with van der Waals surface area (Å²) in [6.45, 7) is 4.18. The molecule has 1 heterocycles. The zero-order valence-electron chi connectivity index (χ0n) is 10.0. The number of rotatable bonds is 4. The van der Waals surface area contributed by atoms with Gasteiger partial charge in [-0.2, -0.15) is 0 Å². The molecule has 4 N–H and O–H groups in total. The summed E-state index contributed by atoms with van der Waals surface area (Å²) >= 11 is 1.60. The maximum Gasteiger partial charge on any atom is 0.166 e. The topological polar surface area (TPSA) is 78.6 Å². The molecule has 1 aromatic carbocycles. The first-order chi connectivity index (χ1) is 8.06. The van der Waals surface area contributed by atoms with Gasteiger partial charge in [0.25, 0.3) is 0 Å². The minimum atomic E-state index is 0.223. The van der Waals surface area contributed by atoms with Crippen LogP contribution >= 0.6 is 11.8 Å². The molecule has 2 rings (SSSR count). The lowest BCUT2D eigenvalue weighted by molar-refractivity contribution is 1.07. The van der Waals surface area contributed by atoms with E-state index in [1.165, 1.54) is 11.1 Å². The van der Waals surface area contributed by atoms with Crippen molar-refractivity contribution in [2.75, 3.05) is 5.75 Å². The third-order valence-electron chi connectivity index (χ3n) is 2.69. The van der Waals surface area contributed by atoms with Crippen LogP contribution in [0.4, 0.5) is 0 Å². The maximum atomic E-state index is 7.16. The Morgan fingerprint density at radius 2 is 2.12 bits per heavy atom. The highest BCUT2D eigenvalue weighted by Crippen LogP contribution is 2.22. The van der Waals surface area contributed by atoms with E-state index in [2.05, 4.69) is 35.9 Å². The van der Waals surface area contributed by atoms with Gasteiger partial charge >= 0.3 is 0 Å². The van der Waals surface area contributed by atoms with E-state index in [0.29, 0.717) is 6.42 Å². The summed E-state index contributed by atoms with van der Waals surface area (Å²) in [7, 11) is 0. The molecule has 0 amide bonds. The number of aromatic nitrogens is 2. The van der Waals surface area contributed by atoms with Crippen molar-refractivity contribution < 1.29 is 0 Å². The molecule has 1 aromatic heterocycles. The van der Waals surface area contributed by atoms with Gasteiger partial charge < -0.3 is 10.7 Å². The summed E-state index contributed by atoms with van der Waals surface area (Å²) in [6.07, 6.45) is 0.597. The Morgan fingerprint density at radius 1 is 1.41 bits per heavy atom. The second-order valence-corrected chi connectivity index (χ2v) is 5.20. The number of nitrogens with one attached hydrogen (secondary N) is 2. The quantitative estimate of drug-likeness (QED) is 0.442. The molecule has 17 heavy (non-hydrogen) atoms. The van der Waals surface area contributed by atoms with E-state index in [1.54, 1.807) is 11.8 Å². The zero-order chi connectivity index (χ0) is 12.4. The molecule has 4 nitrogen and oxygen atoms in total. The molecule has 0 atom stereocenters.